The maximum Gasteiger partial charge on any atom is 0.321 e. The van der Waals surface area contributed by atoms with E-state index in [9.17, 15) is 29.4 Å². The summed E-state index contributed by atoms with van der Waals surface area (Å²) in [6.45, 7) is 5.48. The lowest BCUT2D eigenvalue weighted by molar-refractivity contribution is -0.170. The lowest BCUT2D eigenvalue weighted by atomic mass is 9.88. The van der Waals surface area contributed by atoms with E-state index in [0.29, 0.717) is 36.2 Å². The molecule has 4 atom stereocenters. The molecule has 1 aromatic carbocycles. The van der Waals surface area contributed by atoms with Crippen molar-refractivity contribution in [3.8, 4) is 0 Å². The number of carbonyl (C=O) groups excluding carboxylic acids is 4. The summed E-state index contributed by atoms with van der Waals surface area (Å²) in [4.78, 5) is 57.6. The molecule has 5 bridgehead atoms. The summed E-state index contributed by atoms with van der Waals surface area (Å²) in [6.07, 6.45) is 2.72. The Morgan fingerprint density at radius 2 is 1.71 bits per heavy atom. The van der Waals surface area contributed by atoms with E-state index in [1.165, 1.54) is 18.0 Å². The van der Waals surface area contributed by atoms with E-state index in [0.717, 1.165) is 5.39 Å². The van der Waals surface area contributed by atoms with Crippen molar-refractivity contribution in [1.29, 1.82) is 0 Å². The third-order valence-electron chi connectivity index (χ3n) is 7.70. The zero-order valence-corrected chi connectivity index (χ0v) is 24.3. The van der Waals surface area contributed by atoms with Crippen molar-refractivity contribution in [1.82, 2.24) is 26.1 Å². The predicted octanol–water partition coefficient (Wildman–Crippen LogP) is 0.978. The molecule has 2 aliphatic heterocycles. The lowest BCUT2D eigenvalue weighted by Crippen LogP contribution is -2.61. The Hall–Kier alpha value is -3.87. The van der Waals surface area contributed by atoms with Gasteiger partial charge in [0.2, 0.25) is 5.91 Å². The fourth-order valence-electron chi connectivity index (χ4n) is 4.94. The highest BCUT2D eigenvalue weighted by molar-refractivity contribution is 5.92. The lowest BCUT2D eigenvalue weighted by Gasteiger charge is -2.35. The van der Waals surface area contributed by atoms with Crippen LogP contribution in [0, 0.1) is 11.3 Å². The number of pyridine rings is 1. The number of rotatable bonds is 3. The SMILES string of the molecule is CC(C)[C@@H]1OC(=O)C(CO)(CO)/C=C/c2ccc3ccc(nc3c2)[C@@H](C)NC(=O)[C@@H]2CCCN(N2)C(=O)[C@H](C)NC1=O. The second-order valence-electron chi connectivity index (χ2n) is 11.3. The number of amides is 3. The van der Waals surface area contributed by atoms with Crippen LogP contribution in [0.5, 0.6) is 0 Å². The first-order valence-electron chi connectivity index (χ1n) is 14.2. The van der Waals surface area contributed by atoms with Crippen LogP contribution in [0.2, 0.25) is 0 Å². The van der Waals surface area contributed by atoms with Crippen molar-refractivity contribution in [3.63, 3.8) is 0 Å². The highest BCUT2D eigenvalue weighted by atomic mass is 16.6. The number of aliphatic hydroxyl groups excluding tert-OH is 2. The van der Waals surface area contributed by atoms with Crippen LogP contribution in [0.25, 0.3) is 17.0 Å². The van der Waals surface area contributed by atoms with E-state index in [1.54, 1.807) is 32.1 Å². The Labute approximate surface area is 244 Å². The molecular formula is C30H39N5O7. The molecule has 1 aromatic heterocycles. The molecule has 5 N–H and O–H groups in total. The summed E-state index contributed by atoms with van der Waals surface area (Å²) in [5.41, 5.74) is 3.06. The summed E-state index contributed by atoms with van der Waals surface area (Å²) in [5.74, 6) is -2.90. The number of ether oxygens (including phenoxy) is 1. The van der Waals surface area contributed by atoms with Crippen molar-refractivity contribution < 1.29 is 34.1 Å². The van der Waals surface area contributed by atoms with E-state index in [2.05, 4.69) is 16.1 Å². The molecule has 0 aliphatic carbocycles. The number of cyclic esters (lactones) is 1. The fourth-order valence-corrected chi connectivity index (χ4v) is 4.94. The molecule has 0 radical (unpaired) electrons. The third-order valence-corrected chi connectivity index (χ3v) is 7.70. The molecule has 3 amide bonds. The molecule has 226 valence electrons. The second kappa shape index (κ2) is 13.0. The molecule has 42 heavy (non-hydrogen) atoms. The zero-order chi connectivity index (χ0) is 30.6. The fraction of sp³-hybridized carbons (Fsp3) is 0.500. The molecule has 0 unspecified atom stereocenters. The van der Waals surface area contributed by atoms with Crippen LogP contribution < -0.4 is 16.1 Å². The van der Waals surface area contributed by atoms with E-state index in [4.69, 9.17) is 9.72 Å². The number of hydrazine groups is 1. The maximum atomic E-state index is 13.3. The van der Waals surface area contributed by atoms with Crippen molar-refractivity contribution in [2.24, 2.45) is 11.3 Å². The number of esters is 1. The Kier molecular flexibility index (Phi) is 9.60. The maximum absolute atomic E-state index is 13.3. The minimum atomic E-state index is -1.83. The van der Waals surface area contributed by atoms with E-state index in [-0.39, 0.29) is 5.91 Å². The molecule has 12 nitrogen and oxygen atoms in total. The number of nitrogens with zero attached hydrogens (tertiary/aromatic N) is 2. The molecule has 2 aliphatic rings. The minimum Gasteiger partial charge on any atom is -0.451 e. The van der Waals surface area contributed by atoms with Gasteiger partial charge in [-0.05, 0) is 50.3 Å². The smallest absolute Gasteiger partial charge is 0.321 e. The quantitative estimate of drug-likeness (QED) is 0.332. The van der Waals surface area contributed by atoms with Gasteiger partial charge >= 0.3 is 5.97 Å². The van der Waals surface area contributed by atoms with Gasteiger partial charge < -0.3 is 25.6 Å². The highest BCUT2D eigenvalue weighted by Gasteiger charge is 2.41. The molecular weight excluding hydrogens is 542 g/mol. The number of hydrogen-bond donors (Lipinski definition) is 5. The van der Waals surface area contributed by atoms with Crippen molar-refractivity contribution in [2.45, 2.75) is 64.8 Å². The van der Waals surface area contributed by atoms with E-state index < -0.39 is 66.6 Å². The number of aromatic nitrogens is 1. The van der Waals surface area contributed by atoms with Gasteiger partial charge in [0.1, 0.15) is 17.5 Å². The summed E-state index contributed by atoms with van der Waals surface area (Å²) in [7, 11) is 0. The van der Waals surface area contributed by atoms with Crippen LogP contribution in [0.15, 0.2) is 36.4 Å². The third kappa shape index (κ3) is 6.61. The van der Waals surface area contributed by atoms with E-state index >= 15 is 0 Å². The largest absolute Gasteiger partial charge is 0.451 e. The van der Waals surface area contributed by atoms with Crippen molar-refractivity contribution in [3.05, 3.63) is 47.7 Å². The number of carbonyl (C=O) groups is 4. The van der Waals surface area contributed by atoms with Gasteiger partial charge in [0.15, 0.2) is 6.10 Å². The molecule has 0 spiro atoms. The second-order valence-corrected chi connectivity index (χ2v) is 11.3. The number of benzene rings is 1. The summed E-state index contributed by atoms with van der Waals surface area (Å²) >= 11 is 0. The first kappa shape index (κ1) is 31.1. The topological polar surface area (TPSA) is 170 Å². The highest BCUT2D eigenvalue weighted by Crippen LogP contribution is 2.26. The number of fused-ring (bicyclic) bond motifs is 4. The molecule has 3 heterocycles. The van der Waals surface area contributed by atoms with Crippen LogP contribution in [0.1, 0.15) is 57.8 Å². The molecule has 12 heteroatoms. The molecule has 4 rings (SSSR count). The normalized spacial score (nSPS) is 26.5. The summed E-state index contributed by atoms with van der Waals surface area (Å²) in [6, 6.07) is 7.07. The van der Waals surface area contributed by atoms with Crippen LogP contribution in [0.4, 0.5) is 0 Å². The average molecular weight is 582 g/mol. The van der Waals surface area contributed by atoms with Crippen LogP contribution in [-0.4, -0.2) is 81.8 Å². The van der Waals surface area contributed by atoms with Gasteiger partial charge in [-0.25, -0.2) is 5.43 Å². The van der Waals surface area contributed by atoms with Crippen LogP contribution in [0.3, 0.4) is 0 Å². The number of hydrogen-bond acceptors (Lipinski definition) is 9. The predicted molar refractivity (Wildman–Crippen MR) is 154 cm³/mol. The van der Waals surface area contributed by atoms with E-state index in [1.807, 2.05) is 25.1 Å². The van der Waals surface area contributed by atoms with Crippen molar-refractivity contribution >= 4 is 40.7 Å². The van der Waals surface area contributed by atoms with Gasteiger partial charge in [0.05, 0.1) is 30.5 Å². The Balaban J connectivity index is 1.75. The van der Waals surface area contributed by atoms with Gasteiger partial charge in [-0.15, -0.1) is 0 Å². The monoisotopic (exact) mass is 581 g/mol. The summed E-state index contributed by atoms with van der Waals surface area (Å²) < 4.78 is 5.56. The van der Waals surface area contributed by atoms with Crippen LogP contribution in [-0.2, 0) is 23.9 Å². The zero-order valence-electron chi connectivity index (χ0n) is 24.3. The Morgan fingerprint density at radius 1 is 1.02 bits per heavy atom. The van der Waals surface area contributed by atoms with Gasteiger partial charge in [-0.1, -0.05) is 44.2 Å². The van der Waals surface area contributed by atoms with Gasteiger partial charge in [-0.2, -0.15) is 0 Å². The molecule has 2 aromatic rings. The number of aliphatic hydroxyl groups is 2. The van der Waals surface area contributed by atoms with Crippen LogP contribution >= 0.6 is 0 Å². The average Bonchev–Trinajstić information content (AvgIpc) is 2.99. The minimum absolute atomic E-state index is 0.280. The molecule has 0 saturated carbocycles. The Morgan fingerprint density at radius 3 is 2.40 bits per heavy atom. The first-order chi connectivity index (χ1) is 20.0. The van der Waals surface area contributed by atoms with Crippen molar-refractivity contribution in [2.75, 3.05) is 19.8 Å². The first-order valence-corrected chi connectivity index (χ1v) is 14.2. The van der Waals surface area contributed by atoms with Gasteiger partial charge in [0, 0.05) is 11.9 Å². The Bertz CT molecular complexity index is 1370. The molecule has 1 saturated heterocycles. The summed E-state index contributed by atoms with van der Waals surface area (Å²) in [5, 5.41) is 28.1. The standard InChI is InChI=1S/C30H39N5O7/c1-17(2)25-27(39)32-19(4)28(40)35-13-5-6-23(34-35)26(38)31-18(3)22-10-9-21-8-7-20(14-24(21)33-22)11-12-30(15-36,16-37)29(41)42-25/h7-12,14,17-19,23,25,34,36-37H,5-6,13,15-16H2,1-4H3,(H,31,38)(H,32,39)/b12-11+/t18-,19+,23+,25+/m1/s1. The number of nitrogens with one attached hydrogen (secondary N) is 3. The van der Waals surface area contributed by atoms with Gasteiger partial charge in [-0.3, -0.25) is 29.2 Å². The molecule has 1 fully saturated rings. The van der Waals surface area contributed by atoms with Gasteiger partial charge in [0.25, 0.3) is 11.8 Å².